The van der Waals surface area contributed by atoms with Crippen LogP contribution in [0.1, 0.15) is 23.7 Å². The molecule has 1 aromatic rings. The molecule has 0 saturated carbocycles. The molecule has 0 aliphatic carbocycles. The molecule has 6 heteroatoms. The average molecular weight is 307 g/mol. The number of amides is 1. The smallest absolute Gasteiger partial charge is 0.255 e. The number of hydrogen-bond donors (Lipinski definition) is 1. The number of benzene rings is 1. The zero-order valence-electron chi connectivity index (χ0n) is 10.6. The van der Waals surface area contributed by atoms with Crippen molar-refractivity contribution in [3.63, 3.8) is 0 Å². The van der Waals surface area contributed by atoms with Crippen LogP contribution in [0, 0.1) is 11.7 Å². The molecule has 3 nitrogen and oxygen atoms in total. The van der Waals surface area contributed by atoms with E-state index >= 15 is 0 Å². The number of halogens is 3. The Kier molecular flexibility index (Phi) is 5.59. The number of rotatable bonds is 2. The highest BCUT2D eigenvalue weighted by atomic mass is 35.5. The molecule has 2 atom stereocenters. The second-order valence-electron chi connectivity index (χ2n) is 4.78. The van der Waals surface area contributed by atoms with E-state index in [2.05, 4.69) is 0 Å². The molecule has 1 fully saturated rings. The molecule has 1 aromatic carbocycles. The summed E-state index contributed by atoms with van der Waals surface area (Å²) in [4.78, 5) is 14.0. The van der Waals surface area contributed by atoms with Crippen molar-refractivity contribution in [2.24, 2.45) is 11.7 Å². The van der Waals surface area contributed by atoms with Crippen LogP contribution in [-0.2, 0) is 0 Å². The van der Waals surface area contributed by atoms with Gasteiger partial charge < -0.3 is 10.6 Å². The van der Waals surface area contributed by atoms with E-state index < -0.39 is 5.82 Å². The fourth-order valence-electron chi connectivity index (χ4n) is 2.23. The van der Waals surface area contributed by atoms with E-state index in [9.17, 15) is 9.18 Å². The molecule has 2 rings (SSSR count). The van der Waals surface area contributed by atoms with Crippen molar-refractivity contribution in [1.82, 2.24) is 4.90 Å². The van der Waals surface area contributed by atoms with Crippen LogP contribution in [0.4, 0.5) is 4.39 Å². The summed E-state index contributed by atoms with van der Waals surface area (Å²) in [7, 11) is 0. The number of carbonyl (C=O) groups is 1. The standard InChI is InChI=1S/C13H16ClFN2O.ClH/c1-8(16)9-4-5-17(7-9)13(18)11-3-2-10(15)6-12(11)14;/h2-3,6,8-9H,4-5,7,16H2,1H3;1H. The van der Waals surface area contributed by atoms with E-state index in [4.69, 9.17) is 17.3 Å². The zero-order valence-corrected chi connectivity index (χ0v) is 12.2. The summed E-state index contributed by atoms with van der Waals surface area (Å²) >= 11 is 5.89. The van der Waals surface area contributed by atoms with Gasteiger partial charge in [-0.3, -0.25) is 4.79 Å². The summed E-state index contributed by atoms with van der Waals surface area (Å²) < 4.78 is 12.9. The second-order valence-corrected chi connectivity index (χ2v) is 5.19. The van der Waals surface area contributed by atoms with Gasteiger partial charge in [-0.15, -0.1) is 12.4 Å². The lowest BCUT2D eigenvalue weighted by Gasteiger charge is -2.18. The average Bonchev–Trinajstić information content (AvgIpc) is 2.77. The zero-order chi connectivity index (χ0) is 13.3. The van der Waals surface area contributed by atoms with Gasteiger partial charge in [-0.2, -0.15) is 0 Å². The Morgan fingerprint density at radius 3 is 2.79 bits per heavy atom. The first-order valence-electron chi connectivity index (χ1n) is 5.99. The summed E-state index contributed by atoms with van der Waals surface area (Å²) in [6.45, 7) is 3.27. The molecule has 0 bridgehead atoms. The molecule has 1 amide bonds. The van der Waals surface area contributed by atoms with Gasteiger partial charge in [0.15, 0.2) is 0 Å². The highest BCUT2D eigenvalue weighted by Crippen LogP contribution is 2.24. The third-order valence-corrected chi connectivity index (χ3v) is 3.73. The lowest BCUT2D eigenvalue weighted by atomic mass is 10.0. The Morgan fingerprint density at radius 2 is 2.26 bits per heavy atom. The van der Waals surface area contributed by atoms with Crippen molar-refractivity contribution in [2.45, 2.75) is 19.4 Å². The predicted molar refractivity (Wildman–Crippen MR) is 76.3 cm³/mol. The van der Waals surface area contributed by atoms with Gasteiger partial charge in [-0.1, -0.05) is 11.6 Å². The van der Waals surface area contributed by atoms with Crippen LogP contribution < -0.4 is 5.73 Å². The van der Waals surface area contributed by atoms with Gasteiger partial charge in [0, 0.05) is 19.1 Å². The van der Waals surface area contributed by atoms with Crippen LogP contribution in [0.2, 0.25) is 5.02 Å². The number of carbonyl (C=O) groups excluding carboxylic acids is 1. The maximum Gasteiger partial charge on any atom is 0.255 e. The van der Waals surface area contributed by atoms with Crippen LogP contribution in [0.15, 0.2) is 18.2 Å². The first-order valence-corrected chi connectivity index (χ1v) is 6.36. The van der Waals surface area contributed by atoms with E-state index in [1.165, 1.54) is 12.1 Å². The molecular formula is C13H17Cl2FN2O. The summed E-state index contributed by atoms with van der Waals surface area (Å²) in [6.07, 6.45) is 0.905. The van der Waals surface area contributed by atoms with Crippen molar-refractivity contribution in [1.29, 1.82) is 0 Å². The maximum absolute atomic E-state index is 12.9. The Hall–Kier alpha value is -0.840. The van der Waals surface area contributed by atoms with Gasteiger partial charge in [-0.25, -0.2) is 4.39 Å². The largest absolute Gasteiger partial charge is 0.338 e. The summed E-state index contributed by atoms with van der Waals surface area (Å²) in [5.41, 5.74) is 6.19. The third-order valence-electron chi connectivity index (χ3n) is 3.42. The van der Waals surface area contributed by atoms with Gasteiger partial charge >= 0.3 is 0 Å². The number of nitrogens with two attached hydrogens (primary N) is 1. The summed E-state index contributed by atoms with van der Waals surface area (Å²) in [5, 5.41) is 0.157. The second kappa shape index (κ2) is 6.55. The van der Waals surface area contributed by atoms with Crippen molar-refractivity contribution in [3.8, 4) is 0 Å². The highest BCUT2D eigenvalue weighted by Gasteiger charge is 2.29. The molecule has 0 aromatic heterocycles. The molecule has 1 aliphatic heterocycles. The molecular weight excluding hydrogens is 290 g/mol. The summed E-state index contributed by atoms with van der Waals surface area (Å²) in [6, 6.07) is 3.91. The van der Waals surface area contributed by atoms with Crippen molar-refractivity contribution < 1.29 is 9.18 Å². The molecule has 1 heterocycles. The fourth-order valence-corrected chi connectivity index (χ4v) is 2.48. The third kappa shape index (κ3) is 3.59. The molecule has 2 N–H and O–H groups in total. The lowest BCUT2D eigenvalue weighted by molar-refractivity contribution is 0.0786. The van der Waals surface area contributed by atoms with Gasteiger partial charge in [0.25, 0.3) is 5.91 Å². The van der Waals surface area contributed by atoms with Crippen LogP contribution in [-0.4, -0.2) is 29.9 Å². The quantitative estimate of drug-likeness (QED) is 0.913. The molecule has 2 unspecified atom stereocenters. The highest BCUT2D eigenvalue weighted by molar-refractivity contribution is 6.33. The lowest BCUT2D eigenvalue weighted by Crippen LogP contribution is -2.33. The van der Waals surface area contributed by atoms with E-state index in [0.717, 1.165) is 12.5 Å². The van der Waals surface area contributed by atoms with Crippen LogP contribution >= 0.6 is 24.0 Å². The van der Waals surface area contributed by atoms with Gasteiger partial charge in [0.1, 0.15) is 5.82 Å². The van der Waals surface area contributed by atoms with Gasteiger partial charge in [0.05, 0.1) is 10.6 Å². The molecule has 0 spiro atoms. The van der Waals surface area contributed by atoms with Crippen LogP contribution in [0.5, 0.6) is 0 Å². The topological polar surface area (TPSA) is 46.3 Å². The SMILES string of the molecule is CC(N)C1CCN(C(=O)c2ccc(F)cc2Cl)C1.Cl. The number of hydrogen-bond acceptors (Lipinski definition) is 2. The van der Waals surface area contributed by atoms with Crippen molar-refractivity contribution >= 4 is 29.9 Å². The predicted octanol–water partition coefficient (Wildman–Crippen LogP) is 2.71. The minimum atomic E-state index is -0.438. The first-order chi connectivity index (χ1) is 8.49. The normalized spacial score (nSPS) is 20.0. The summed E-state index contributed by atoms with van der Waals surface area (Å²) in [5.74, 6) is -0.261. The fraction of sp³-hybridized carbons (Fsp3) is 0.462. The molecule has 106 valence electrons. The van der Waals surface area contributed by atoms with Crippen molar-refractivity contribution in [2.75, 3.05) is 13.1 Å². The minimum absolute atomic E-state index is 0. The number of nitrogens with zero attached hydrogens (tertiary/aromatic N) is 1. The van der Waals surface area contributed by atoms with Crippen LogP contribution in [0.3, 0.4) is 0 Å². The van der Waals surface area contributed by atoms with Crippen LogP contribution in [0.25, 0.3) is 0 Å². The monoisotopic (exact) mass is 306 g/mol. The Bertz CT molecular complexity index is 468. The molecule has 0 radical (unpaired) electrons. The molecule has 1 aliphatic rings. The molecule has 19 heavy (non-hydrogen) atoms. The van der Waals surface area contributed by atoms with Gasteiger partial charge in [-0.05, 0) is 37.5 Å². The van der Waals surface area contributed by atoms with E-state index in [1.54, 1.807) is 4.90 Å². The maximum atomic E-state index is 12.9. The van der Waals surface area contributed by atoms with E-state index in [-0.39, 0.29) is 29.4 Å². The van der Waals surface area contributed by atoms with E-state index in [1.807, 2.05) is 6.92 Å². The van der Waals surface area contributed by atoms with Crippen molar-refractivity contribution in [3.05, 3.63) is 34.6 Å². The van der Waals surface area contributed by atoms with E-state index in [0.29, 0.717) is 24.6 Å². The Labute approximate surface area is 123 Å². The van der Waals surface area contributed by atoms with Gasteiger partial charge in [0.2, 0.25) is 0 Å². The Morgan fingerprint density at radius 1 is 1.58 bits per heavy atom. The molecule has 1 saturated heterocycles. The number of likely N-dealkylation sites (tertiary alicyclic amines) is 1. The minimum Gasteiger partial charge on any atom is -0.338 e. The Balaban J connectivity index is 0.00000180. The first kappa shape index (κ1) is 16.2.